The molecule has 10 heteroatoms. The molecule has 3 aromatic heterocycles. The molecule has 5 rings (SSSR count). The number of fused-ring (bicyclic) bond motifs is 2. The van der Waals surface area contributed by atoms with Gasteiger partial charge in [0, 0.05) is 55.6 Å². The number of amides is 1. The van der Waals surface area contributed by atoms with Crippen LogP contribution in [0, 0.1) is 0 Å². The highest BCUT2D eigenvalue weighted by atomic mass is 32.2. The van der Waals surface area contributed by atoms with Crippen molar-refractivity contribution >= 4 is 17.7 Å². The van der Waals surface area contributed by atoms with Gasteiger partial charge in [-0.15, -0.1) is 0 Å². The predicted molar refractivity (Wildman–Crippen MR) is 111 cm³/mol. The Labute approximate surface area is 177 Å². The van der Waals surface area contributed by atoms with Crippen molar-refractivity contribution in [1.82, 2.24) is 34.4 Å². The van der Waals surface area contributed by atoms with Crippen LogP contribution in [0.3, 0.4) is 0 Å². The first-order valence-electron chi connectivity index (χ1n) is 10.0. The monoisotopic (exact) mass is 423 g/mol. The third-order valence-corrected chi connectivity index (χ3v) is 6.57. The van der Waals surface area contributed by atoms with Crippen molar-refractivity contribution < 1.29 is 4.79 Å². The Kier molecular flexibility index (Phi) is 5.07. The Hall–Kier alpha value is -3.01. The van der Waals surface area contributed by atoms with E-state index in [0.717, 1.165) is 35.7 Å². The Morgan fingerprint density at radius 1 is 1.23 bits per heavy atom. The van der Waals surface area contributed by atoms with Gasteiger partial charge in [0.2, 0.25) is 5.91 Å². The summed E-state index contributed by atoms with van der Waals surface area (Å²) in [5.41, 5.74) is 2.52. The van der Waals surface area contributed by atoms with Crippen LogP contribution in [0.25, 0.3) is 11.5 Å². The molecule has 1 unspecified atom stereocenters. The number of carbonyl (C=O) groups excluding carboxylic acids is 1. The van der Waals surface area contributed by atoms with Crippen LogP contribution in [0.4, 0.5) is 0 Å². The molecule has 0 saturated carbocycles. The standard InChI is InChI=1S/C20H21N7O2S/c28-17(23-6-8-26-9-7-24-18(26)16-11-21-4-5-22-16)10-13-12-30-20-25-15-3-1-2-14(15)19(29)27(13)20/h4-5,7,9,11,13H,1-3,6,8,10,12H2,(H,23,28). The topological polar surface area (TPSA) is 108 Å². The number of nitrogens with zero attached hydrogens (tertiary/aromatic N) is 6. The van der Waals surface area contributed by atoms with Gasteiger partial charge in [-0.3, -0.25) is 19.1 Å². The van der Waals surface area contributed by atoms with Gasteiger partial charge in [0.15, 0.2) is 11.0 Å². The maximum atomic E-state index is 12.8. The van der Waals surface area contributed by atoms with Crippen molar-refractivity contribution in [2.75, 3.05) is 12.3 Å². The van der Waals surface area contributed by atoms with E-state index >= 15 is 0 Å². The van der Waals surface area contributed by atoms with Crippen LogP contribution in [-0.2, 0) is 24.2 Å². The van der Waals surface area contributed by atoms with E-state index in [1.54, 1.807) is 41.1 Å². The van der Waals surface area contributed by atoms with Crippen molar-refractivity contribution in [1.29, 1.82) is 0 Å². The van der Waals surface area contributed by atoms with Crippen molar-refractivity contribution in [3.8, 4) is 11.5 Å². The zero-order valence-corrected chi connectivity index (χ0v) is 17.1. The lowest BCUT2D eigenvalue weighted by atomic mass is 10.2. The summed E-state index contributed by atoms with van der Waals surface area (Å²) in [5.74, 6) is 1.35. The average Bonchev–Trinajstić information content (AvgIpc) is 3.49. The Balaban J connectivity index is 1.20. The van der Waals surface area contributed by atoms with Gasteiger partial charge in [-0.05, 0) is 19.3 Å². The first kappa shape index (κ1) is 19.0. The molecule has 4 heterocycles. The fourth-order valence-electron chi connectivity index (χ4n) is 4.04. The van der Waals surface area contributed by atoms with Gasteiger partial charge in [0.25, 0.3) is 5.56 Å². The molecule has 154 valence electrons. The lowest BCUT2D eigenvalue weighted by Gasteiger charge is -2.15. The number of hydrogen-bond donors (Lipinski definition) is 1. The first-order valence-corrected chi connectivity index (χ1v) is 11.0. The average molecular weight is 424 g/mol. The normalized spacial score (nSPS) is 17.0. The highest BCUT2D eigenvalue weighted by Gasteiger charge is 2.31. The van der Waals surface area contributed by atoms with Crippen LogP contribution in [-0.4, -0.2) is 47.3 Å². The van der Waals surface area contributed by atoms with Gasteiger partial charge in [0.1, 0.15) is 5.69 Å². The molecular formula is C20H21N7O2S. The molecule has 1 amide bonds. The molecule has 0 bridgehead atoms. The number of aromatic nitrogens is 6. The van der Waals surface area contributed by atoms with Crippen molar-refractivity contribution in [2.24, 2.45) is 0 Å². The van der Waals surface area contributed by atoms with Crippen LogP contribution in [0.5, 0.6) is 0 Å². The van der Waals surface area contributed by atoms with Crippen molar-refractivity contribution in [2.45, 2.75) is 43.4 Å². The molecule has 0 aromatic carbocycles. The summed E-state index contributed by atoms with van der Waals surface area (Å²) in [7, 11) is 0. The predicted octanol–water partition coefficient (Wildman–Crippen LogP) is 1.24. The summed E-state index contributed by atoms with van der Waals surface area (Å²) in [5, 5.41) is 3.72. The van der Waals surface area contributed by atoms with E-state index in [9.17, 15) is 9.59 Å². The number of hydrogen-bond acceptors (Lipinski definition) is 7. The number of imidazole rings is 1. The van der Waals surface area contributed by atoms with E-state index < -0.39 is 0 Å². The molecule has 2 aliphatic rings. The number of carbonyl (C=O) groups is 1. The molecule has 0 spiro atoms. The molecule has 3 aromatic rings. The largest absolute Gasteiger partial charge is 0.354 e. The first-order chi connectivity index (χ1) is 14.7. The van der Waals surface area contributed by atoms with Crippen molar-refractivity contribution in [3.63, 3.8) is 0 Å². The molecule has 0 fully saturated rings. The smallest absolute Gasteiger partial charge is 0.257 e. The van der Waals surface area contributed by atoms with Gasteiger partial charge in [0.05, 0.1) is 17.9 Å². The maximum Gasteiger partial charge on any atom is 0.257 e. The summed E-state index contributed by atoms with van der Waals surface area (Å²) in [6, 6.07) is -0.140. The van der Waals surface area contributed by atoms with Crippen LogP contribution in [0.2, 0.25) is 0 Å². The van der Waals surface area contributed by atoms with E-state index in [1.807, 2.05) is 10.8 Å². The molecule has 1 N–H and O–H groups in total. The molecule has 0 radical (unpaired) electrons. The van der Waals surface area contributed by atoms with Gasteiger partial charge in [-0.25, -0.2) is 15.0 Å². The lowest BCUT2D eigenvalue weighted by molar-refractivity contribution is -0.121. The third-order valence-electron chi connectivity index (χ3n) is 5.48. The maximum absolute atomic E-state index is 12.8. The Bertz CT molecular complexity index is 1140. The zero-order chi connectivity index (χ0) is 20.5. The van der Waals surface area contributed by atoms with E-state index in [2.05, 4.69) is 25.3 Å². The summed E-state index contributed by atoms with van der Waals surface area (Å²) < 4.78 is 3.67. The molecule has 1 aliphatic carbocycles. The van der Waals surface area contributed by atoms with E-state index in [4.69, 9.17) is 0 Å². The number of aryl methyl sites for hydroxylation is 1. The second-order valence-corrected chi connectivity index (χ2v) is 8.39. The molecule has 1 aliphatic heterocycles. The molecular weight excluding hydrogens is 402 g/mol. The molecule has 30 heavy (non-hydrogen) atoms. The van der Waals surface area contributed by atoms with Gasteiger partial charge >= 0.3 is 0 Å². The second-order valence-electron chi connectivity index (χ2n) is 7.40. The highest BCUT2D eigenvalue weighted by Crippen LogP contribution is 2.33. The molecule has 0 saturated heterocycles. The number of rotatable bonds is 6. The fraction of sp³-hybridized carbons (Fsp3) is 0.400. The number of thioether (sulfide) groups is 1. The number of nitrogens with one attached hydrogen (secondary N) is 1. The Morgan fingerprint density at radius 3 is 3.03 bits per heavy atom. The lowest BCUT2D eigenvalue weighted by Crippen LogP contribution is -2.33. The fourth-order valence-corrected chi connectivity index (χ4v) is 5.20. The van der Waals surface area contributed by atoms with E-state index in [1.165, 1.54) is 0 Å². The summed E-state index contributed by atoms with van der Waals surface area (Å²) >= 11 is 1.57. The second kappa shape index (κ2) is 8.02. The van der Waals surface area contributed by atoms with E-state index in [0.29, 0.717) is 30.4 Å². The zero-order valence-electron chi connectivity index (χ0n) is 16.3. The minimum absolute atomic E-state index is 0.0438. The van der Waals surface area contributed by atoms with E-state index in [-0.39, 0.29) is 23.9 Å². The van der Waals surface area contributed by atoms with Crippen LogP contribution in [0.15, 0.2) is 40.9 Å². The van der Waals surface area contributed by atoms with Gasteiger partial charge in [-0.2, -0.15) is 0 Å². The SMILES string of the molecule is O=C(CC1CSc2nc3c(c(=O)n21)CCC3)NCCn1ccnc1-c1cnccn1. The van der Waals surface area contributed by atoms with Crippen LogP contribution >= 0.6 is 11.8 Å². The molecule has 1 atom stereocenters. The van der Waals surface area contributed by atoms with Crippen molar-refractivity contribution in [3.05, 3.63) is 52.6 Å². The van der Waals surface area contributed by atoms with Crippen LogP contribution < -0.4 is 10.9 Å². The van der Waals surface area contributed by atoms with Gasteiger partial charge < -0.3 is 9.88 Å². The summed E-state index contributed by atoms with van der Waals surface area (Å²) in [4.78, 5) is 42.7. The Morgan fingerprint density at radius 2 is 2.17 bits per heavy atom. The summed E-state index contributed by atoms with van der Waals surface area (Å²) in [6.45, 7) is 1.04. The quantitative estimate of drug-likeness (QED) is 0.594. The van der Waals surface area contributed by atoms with Crippen LogP contribution in [0.1, 0.15) is 30.1 Å². The minimum atomic E-state index is -0.140. The summed E-state index contributed by atoms with van der Waals surface area (Å²) in [6.07, 6.45) is 11.4. The highest BCUT2D eigenvalue weighted by molar-refractivity contribution is 7.99. The third kappa shape index (κ3) is 3.51. The van der Waals surface area contributed by atoms with Gasteiger partial charge in [-0.1, -0.05) is 11.8 Å². The molecule has 9 nitrogen and oxygen atoms in total. The minimum Gasteiger partial charge on any atom is -0.354 e.